The van der Waals surface area contributed by atoms with Gasteiger partial charge in [0.05, 0.1) is 26.8 Å². The molecule has 0 aliphatic heterocycles. The number of para-hydroxylation sites is 3. The van der Waals surface area contributed by atoms with Gasteiger partial charge in [-0.1, -0.05) is 133 Å². The molecule has 0 radical (unpaired) electrons. The fourth-order valence-corrected chi connectivity index (χ4v) is 9.51. The zero-order chi connectivity index (χ0) is 35.6. The van der Waals surface area contributed by atoms with E-state index in [2.05, 4.69) is 191 Å². The summed E-state index contributed by atoms with van der Waals surface area (Å²) >= 11 is 1.89. The van der Waals surface area contributed by atoms with Crippen LogP contribution in [0.2, 0.25) is 0 Å². The van der Waals surface area contributed by atoms with Gasteiger partial charge in [0.1, 0.15) is 11.2 Å². The lowest BCUT2D eigenvalue weighted by Crippen LogP contribution is -2.10. The maximum atomic E-state index is 6.36. The Morgan fingerprint density at radius 3 is 1.80 bits per heavy atom. The Morgan fingerprint density at radius 2 is 1.02 bits per heavy atom. The Kier molecular flexibility index (Phi) is 7.04. The van der Waals surface area contributed by atoms with Crippen LogP contribution >= 0.6 is 11.3 Å². The van der Waals surface area contributed by atoms with Gasteiger partial charge in [0.15, 0.2) is 0 Å². The SMILES string of the molecule is c1ccc(-c2ccc(N(c3ccc(-c4cccc5c4sc4c6ccccc6n(-c6ccccc6)c54)cc3)c3cccc4oc5ccccc5c34)cc2)cc1. The molecule has 0 saturated carbocycles. The Balaban J connectivity index is 1.07. The molecule has 0 N–H and O–H groups in total. The third-order valence-electron chi connectivity index (χ3n) is 10.6. The van der Waals surface area contributed by atoms with E-state index in [1.165, 1.54) is 59.1 Å². The van der Waals surface area contributed by atoms with Crippen LogP contribution in [0.3, 0.4) is 0 Å². The summed E-state index contributed by atoms with van der Waals surface area (Å²) in [5, 5.41) is 4.77. The van der Waals surface area contributed by atoms with Crippen molar-refractivity contribution in [3.05, 3.63) is 194 Å². The van der Waals surface area contributed by atoms with Crippen molar-refractivity contribution in [3.8, 4) is 27.9 Å². The smallest absolute Gasteiger partial charge is 0.137 e. The van der Waals surface area contributed by atoms with Gasteiger partial charge in [-0.05, 0) is 82.9 Å². The fourth-order valence-electron chi connectivity index (χ4n) is 8.16. The summed E-state index contributed by atoms with van der Waals surface area (Å²) in [5.74, 6) is 0. The zero-order valence-corrected chi connectivity index (χ0v) is 30.0. The molecule has 0 amide bonds. The lowest BCUT2D eigenvalue weighted by atomic mass is 10.0. The second kappa shape index (κ2) is 12.4. The number of furan rings is 1. The number of aromatic nitrogens is 1. The second-order valence-corrected chi connectivity index (χ2v) is 14.7. The molecule has 3 aromatic heterocycles. The molecule has 0 spiro atoms. The highest BCUT2D eigenvalue weighted by atomic mass is 32.1. The summed E-state index contributed by atoms with van der Waals surface area (Å²) in [6.45, 7) is 0. The minimum absolute atomic E-state index is 0.875. The summed E-state index contributed by atoms with van der Waals surface area (Å²) < 4.78 is 11.4. The molecule has 3 nitrogen and oxygen atoms in total. The number of nitrogens with zero attached hydrogens (tertiary/aromatic N) is 2. The van der Waals surface area contributed by atoms with E-state index in [9.17, 15) is 0 Å². The molecule has 54 heavy (non-hydrogen) atoms. The van der Waals surface area contributed by atoms with Crippen LogP contribution < -0.4 is 4.90 Å². The standard InChI is InChI=1S/C50H32N2OS/c1-3-13-33(14-4-1)34-25-29-37(30-26-34)51(44-22-12-24-46-47(44)41-18-8-10-23-45(41)53-46)38-31-27-35(28-32-38)39-19-11-20-42-48-50(54-49(39)42)40-17-7-9-21-43(40)52(48)36-15-5-2-6-16-36/h1-32H. The minimum Gasteiger partial charge on any atom is -0.456 e. The Labute approximate surface area is 316 Å². The Bertz CT molecular complexity index is 3140. The summed E-state index contributed by atoms with van der Waals surface area (Å²) in [4.78, 5) is 2.36. The largest absolute Gasteiger partial charge is 0.456 e. The molecule has 254 valence electrons. The monoisotopic (exact) mass is 708 g/mol. The maximum Gasteiger partial charge on any atom is 0.137 e. The van der Waals surface area contributed by atoms with E-state index in [1.54, 1.807) is 0 Å². The topological polar surface area (TPSA) is 21.3 Å². The van der Waals surface area contributed by atoms with Crippen LogP contribution in [0, 0.1) is 0 Å². The van der Waals surface area contributed by atoms with E-state index in [-0.39, 0.29) is 0 Å². The molecule has 3 heterocycles. The Hall–Kier alpha value is -6.88. The van der Waals surface area contributed by atoms with Crippen LogP contribution in [-0.4, -0.2) is 4.57 Å². The third-order valence-corrected chi connectivity index (χ3v) is 11.9. The summed E-state index contributed by atoms with van der Waals surface area (Å²) in [7, 11) is 0. The Morgan fingerprint density at radius 1 is 0.426 bits per heavy atom. The third kappa shape index (κ3) is 4.81. The molecule has 0 aliphatic rings. The number of hydrogen-bond donors (Lipinski definition) is 0. The molecule has 0 bridgehead atoms. The molecule has 0 atom stereocenters. The quantitative estimate of drug-likeness (QED) is 0.171. The second-order valence-electron chi connectivity index (χ2n) is 13.7. The van der Waals surface area contributed by atoms with E-state index in [4.69, 9.17) is 4.42 Å². The van der Waals surface area contributed by atoms with Crippen LogP contribution in [0.1, 0.15) is 0 Å². The summed E-state index contributed by atoms with van der Waals surface area (Å²) in [5.41, 5.74) is 13.5. The first kappa shape index (κ1) is 30.7. The molecule has 0 fully saturated rings. The van der Waals surface area contributed by atoms with Crippen molar-refractivity contribution in [1.29, 1.82) is 0 Å². The van der Waals surface area contributed by atoms with Crippen molar-refractivity contribution in [3.63, 3.8) is 0 Å². The fraction of sp³-hybridized carbons (Fsp3) is 0. The number of hydrogen-bond acceptors (Lipinski definition) is 3. The van der Waals surface area contributed by atoms with Crippen LogP contribution in [0.4, 0.5) is 17.1 Å². The van der Waals surface area contributed by atoms with E-state index in [0.29, 0.717) is 0 Å². The molecule has 0 saturated heterocycles. The van der Waals surface area contributed by atoms with E-state index in [0.717, 1.165) is 39.0 Å². The van der Waals surface area contributed by atoms with Crippen molar-refractivity contribution in [2.24, 2.45) is 0 Å². The lowest BCUT2D eigenvalue weighted by Gasteiger charge is -2.26. The molecular formula is C50H32N2OS. The van der Waals surface area contributed by atoms with Gasteiger partial charge in [0, 0.05) is 37.9 Å². The highest BCUT2D eigenvalue weighted by Crippen LogP contribution is 2.47. The van der Waals surface area contributed by atoms with Gasteiger partial charge >= 0.3 is 0 Å². The van der Waals surface area contributed by atoms with Crippen molar-refractivity contribution >= 4 is 81.5 Å². The van der Waals surface area contributed by atoms with Gasteiger partial charge in [-0.15, -0.1) is 11.3 Å². The molecular weight excluding hydrogens is 677 g/mol. The molecule has 8 aromatic carbocycles. The lowest BCUT2D eigenvalue weighted by molar-refractivity contribution is 0.669. The average Bonchev–Trinajstić information content (AvgIpc) is 3.92. The minimum atomic E-state index is 0.875. The van der Waals surface area contributed by atoms with Crippen LogP contribution in [-0.2, 0) is 0 Å². The van der Waals surface area contributed by atoms with Crippen molar-refractivity contribution in [2.75, 3.05) is 4.90 Å². The van der Waals surface area contributed by atoms with Gasteiger partial charge in [-0.25, -0.2) is 0 Å². The van der Waals surface area contributed by atoms with Crippen molar-refractivity contribution < 1.29 is 4.42 Å². The number of anilines is 3. The van der Waals surface area contributed by atoms with Gasteiger partial charge in [-0.2, -0.15) is 0 Å². The van der Waals surface area contributed by atoms with E-state index < -0.39 is 0 Å². The van der Waals surface area contributed by atoms with Crippen LogP contribution in [0.25, 0.3) is 81.1 Å². The van der Waals surface area contributed by atoms with Gasteiger partial charge < -0.3 is 13.9 Å². The van der Waals surface area contributed by atoms with Crippen LogP contribution in [0.5, 0.6) is 0 Å². The molecule has 0 aliphatic carbocycles. The first-order chi connectivity index (χ1) is 26.8. The normalized spacial score (nSPS) is 11.7. The highest BCUT2D eigenvalue weighted by molar-refractivity contribution is 7.27. The highest BCUT2D eigenvalue weighted by Gasteiger charge is 2.22. The first-order valence-electron chi connectivity index (χ1n) is 18.3. The number of rotatable bonds is 6. The van der Waals surface area contributed by atoms with E-state index in [1.807, 2.05) is 23.5 Å². The van der Waals surface area contributed by atoms with Gasteiger partial charge in [-0.3, -0.25) is 0 Å². The van der Waals surface area contributed by atoms with Gasteiger partial charge in [0.2, 0.25) is 0 Å². The predicted molar refractivity (Wildman–Crippen MR) is 229 cm³/mol. The molecule has 0 unspecified atom stereocenters. The average molecular weight is 709 g/mol. The summed E-state index contributed by atoms with van der Waals surface area (Å²) in [6, 6.07) is 69.4. The number of fused-ring (bicyclic) bond motifs is 8. The molecule has 11 rings (SSSR count). The summed E-state index contributed by atoms with van der Waals surface area (Å²) in [6.07, 6.45) is 0. The van der Waals surface area contributed by atoms with Crippen LogP contribution in [0.15, 0.2) is 199 Å². The van der Waals surface area contributed by atoms with Crippen molar-refractivity contribution in [1.82, 2.24) is 4.57 Å². The number of thiophene rings is 1. The zero-order valence-electron chi connectivity index (χ0n) is 29.2. The maximum absolute atomic E-state index is 6.36. The van der Waals surface area contributed by atoms with E-state index >= 15 is 0 Å². The number of benzene rings is 8. The predicted octanol–water partition coefficient (Wildman–Crippen LogP) is 14.7. The molecule has 11 aromatic rings. The first-order valence-corrected chi connectivity index (χ1v) is 19.1. The van der Waals surface area contributed by atoms with Crippen molar-refractivity contribution in [2.45, 2.75) is 0 Å². The molecule has 4 heteroatoms. The van der Waals surface area contributed by atoms with Gasteiger partial charge in [0.25, 0.3) is 0 Å².